The van der Waals surface area contributed by atoms with Gasteiger partial charge in [0.1, 0.15) is 0 Å². The maximum Gasteiger partial charge on any atom is 0.319 e. The summed E-state index contributed by atoms with van der Waals surface area (Å²) in [5.41, 5.74) is 3.87. The highest BCUT2D eigenvalue weighted by Gasteiger charge is 2.36. The molecule has 1 aliphatic carbocycles. The SMILES string of the molecule is CCNC(=O)Nc1ccc(N(C)C)c(CN(C(=O)C2CC2)[C@@H](C)c2ccccc2)c1. The van der Waals surface area contributed by atoms with Gasteiger partial charge in [-0.15, -0.1) is 0 Å². The number of rotatable bonds is 8. The lowest BCUT2D eigenvalue weighted by molar-refractivity contribution is -0.135. The van der Waals surface area contributed by atoms with E-state index in [1.54, 1.807) is 0 Å². The highest BCUT2D eigenvalue weighted by molar-refractivity contribution is 5.89. The quantitative estimate of drug-likeness (QED) is 0.681. The fourth-order valence-corrected chi connectivity index (χ4v) is 3.63. The maximum atomic E-state index is 13.2. The Morgan fingerprint density at radius 3 is 2.40 bits per heavy atom. The molecule has 0 unspecified atom stereocenters. The summed E-state index contributed by atoms with van der Waals surface area (Å²) in [4.78, 5) is 29.2. The van der Waals surface area contributed by atoms with E-state index in [4.69, 9.17) is 0 Å². The van der Waals surface area contributed by atoms with Crippen LogP contribution in [0.25, 0.3) is 0 Å². The van der Waals surface area contributed by atoms with Gasteiger partial charge in [-0.2, -0.15) is 0 Å². The topological polar surface area (TPSA) is 64.7 Å². The number of urea groups is 1. The minimum Gasteiger partial charge on any atom is -0.377 e. The molecule has 1 fully saturated rings. The first-order valence-corrected chi connectivity index (χ1v) is 10.6. The fourth-order valence-electron chi connectivity index (χ4n) is 3.63. The normalized spacial score (nSPS) is 14.0. The summed E-state index contributed by atoms with van der Waals surface area (Å²) in [7, 11) is 3.98. The lowest BCUT2D eigenvalue weighted by Crippen LogP contribution is -2.35. The van der Waals surface area contributed by atoms with Crippen LogP contribution in [-0.2, 0) is 11.3 Å². The van der Waals surface area contributed by atoms with Gasteiger partial charge in [-0.3, -0.25) is 4.79 Å². The Kier molecular flexibility index (Phi) is 6.98. The second kappa shape index (κ2) is 9.65. The number of nitrogens with zero attached hydrogens (tertiary/aromatic N) is 2. The first-order chi connectivity index (χ1) is 14.4. The van der Waals surface area contributed by atoms with Gasteiger partial charge in [-0.1, -0.05) is 30.3 Å². The smallest absolute Gasteiger partial charge is 0.319 e. The van der Waals surface area contributed by atoms with E-state index >= 15 is 0 Å². The van der Waals surface area contributed by atoms with E-state index in [0.717, 1.165) is 29.7 Å². The summed E-state index contributed by atoms with van der Waals surface area (Å²) >= 11 is 0. The van der Waals surface area contributed by atoms with Crippen LogP contribution < -0.4 is 15.5 Å². The zero-order chi connectivity index (χ0) is 21.7. The average Bonchev–Trinajstić information content (AvgIpc) is 3.57. The molecule has 1 atom stereocenters. The second-order valence-corrected chi connectivity index (χ2v) is 8.05. The van der Waals surface area contributed by atoms with Crippen LogP contribution in [0.3, 0.4) is 0 Å². The molecule has 30 heavy (non-hydrogen) atoms. The third-order valence-electron chi connectivity index (χ3n) is 5.46. The highest BCUT2D eigenvalue weighted by atomic mass is 16.2. The molecule has 6 heteroatoms. The van der Waals surface area contributed by atoms with Crippen molar-refractivity contribution < 1.29 is 9.59 Å². The summed E-state index contributed by atoms with van der Waals surface area (Å²) < 4.78 is 0. The molecule has 0 bridgehead atoms. The van der Waals surface area contributed by atoms with Crippen molar-refractivity contribution in [3.05, 3.63) is 59.7 Å². The number of carbonyl (C=O) groups is 2. The van der Waals surface area contributed by atoms with E-state index in [0.29, 0.717) is 18.8 Å². The van der Waals surface area contributed by atoms with Crippen molar-refractivity contribution in [1.82, 2.24) is 10.2 Å². The van der Waals surface area contributed by atoms with Crippen LogP contribution in [0.1, 0.15) is 43.9 Å². The highest BCUT2D eigenvalue weighted by Crippen LogP contribution is 2.36. The third-order valence-corrected chi connectivity index (χ3v) is 5.46. The molecule has 2 aromatic carbocycles. The number of nitrogens with one attached hydrogen (secondary N) is 2. The van der Waals surface area contributed by atoms with Gasteiger partial charge in [-0.25, -0.2) is 4.79 Å². The van der Waals surface area contributed by atoms with E-state index in [2.05, 4.69) is 29.7 Å². The Bertz CT molecular complexity index is 878. The first kappa shape index (κ1) is 21.7. The van der Waals surface area contributed by atoms with Gasteiger partial charge in [0.05, 0.1) is 6.04 Å². The monoisotopic (exact) mass is 408 g/mol. The Morgan fingerprint density at radius 2 is 1.80 bits per heavy atom. The van der Waals surface area contributed by atoms with Gasteiger partial charge >= 0.3 is 6.03 Å². The van der Waals surface area contributed by atoms with Gasteiger partial charge < -0.3 is 20.4 Å². The zero-order valence-electron chi connectivity index (χ0n) is 18.3. The summed E-state index contributed by atoms with van der Waals surface area (Å²) in [6, 6.07) is 15.7. The Morgan fingerprint density at radius 1 is 1.10 bits per heavy atom. The molecule has 2 aromatic rings. The molecule has 3 amide bonds. The average molecular weight is 409 g/mol. The van der Waals surface area contributed by atoms with Crippen LogP contribution in [0, 0.1) is 5.92 Å². The Labute approximate surface area is 179 Å². The van der Waals surface area contributed by atoms with Crippen LogP contribution in [0.2, 0.25) is 0 Å². The van der Waals surface area contributed by atoms with Gasteiger partial charge in [0, 0.05) is 44.5 Å². The Hall–Kier alpha value is -3.02. The lowest BCUT2D eigenvalue weighted by Gasteiger charge is -2.32. The molecule has 0 aliphatic heterocycles. The first-order valence-electron chi connectivity index (χ1n) is 10.6. The summed E-state index contributed by atoms with van der Waals surface area (Å²) in [6.45, 7) is 5.02. The van der Waals surface area contributed by atoms with Crippen molar-refractivity contribution in [2.75, 3.05) is 30.9 Å². The molecule has 0 spiro atoms. The van der Waals surface area contributed by atoms with Crippen molar-refractivity contribution in [3.8, 4) is 0 Å². The van der Waals surface area contributed by atoms with Crippen LogP contribution in [-0.4, -0.2) is 37.5 Å². The largest absolute Gasteiger partial charge is 0.377 e. The number of carbonyl (C=O) groups excluding carboxylic acids is 2. The minimum atomic E-state index is -0.232. The lowest BCUT2D eigenvalue weighted by atomic mass is 10.0. The van der Waals surface area contributed by atoms with E-state index in [-0.39, 0.29) is 23.9 Å². The number of hydrogen-bond acceptors (Lipinski definition) is 3. The Balaban J connectivity index is 1.91. The molecule has 1 aliphatic rings. The van der Waals surface area contributed by atoms with Crippen LogP contribution >= 0.6 is 0 Å². The van der Waals surface area contributed by atoms with Crippen molar-refractivity contribution in [3.63, 3.8) is 0 Å². The molecular formula is C24H32N4O2. The molecule has 0 aromatic heterocycles. The van der Waals surface area contributed by atoms with E-state index in [9.17, 15) is 9.59 Å². The molecule has 3 rings (SSSR count). The molecule has 160 valence electrons. The van der Waals surface area contributed by atoms with Gasteiger partial charge in [0.2, 0.25) is 5.91 Å². The van der Waals surface area contributed by atoms with Crippen LogP contribution in [0.4, 0.5) is 16.2 Å². The maximum absolute atomic E-state index is 13.2. The zero-order valence-corrected chi connectivity index (χ0v) is 18.3. The summed E-state index contributed by atoms with van der Waals surface area (Å²) in [5, 5.41) is 5.62. The van der Waals surface area contributed by atoms with Crippen molar-refractivity contribution in [2.24, 2.45) is 5.92 Å². The molecule has 6 nitrogen and oxygen atoms in total. The summed E-state index contributed by atoms with van der Waals surface area (Å²) in [5.74, 6) is 0.341. The molecular weight excluding hydrogens is 376 g/mol. The number of amides is 3. The minimum absolute atomic E-state index is 0.0330. The van der Waals surface area contributed by atoms with Crippen molar-refractivity contribution in [2.45, 2.75) is 39.3 Å². The molecule has 2 N–H and O–H groups in total. The standard InChI is InChI=1S/C24H32N4O2/c1-5-25-24(30)26-21-13-14-22(27(3)4)20(15-21)16-28(23(29)19-11-12-19)17(2)18-9-7-6-8-10-18/h6-10,13-15,17,19H,5,11-12,16H2,1-4H3,(H2,25,26,30)/t17-/m0/s1. The van der Waals surface area contributed by atoms with Crippen LogP contribution in [0.15, 0.2) is 48.5 Å². The van der Waals surface area contributed by atoms with Crippen LogP contribution in [0.5, 0.6) is 0 Å². The number of anilines is 2. The molecule has 0 radical (unpaired) electrons. The van der Waals surface area contributed by atoms with Crippen molar-refractivity contribution in [1.29, 1.82) is 0 Å². The summed E-state index contributed by atoms with van der Waals surface area (Å²) in [6.07, 6.45) is 1.94. The van der Waals surface area contributed by atoms with Gasteiger partial charge in [0.25, 0.3) is 0 Å². The predicted octanol–water partition coefficient (Wildman–Crippen LogP) is 4.39. The molecule has 0 heterocycles. The van der Waals surface area contributed by atoms with Gasteiger partial charge in [0.15, 0.2) is 0 Å². The van der Waals surface area contributed by atoms with E-state index < -0.39 is 0 Å². The molecule has 1 saturated carbocycles. The van der Waals surface area contributed by atoms with Gasteiger partial charge in [-0.05, 0) is 56.0 Å². The number of hydrogen-bond donors (Lipinski definition) is 2. The predicted molar refractivity (Wildman–Crippen MR) is 122 cm³/mol. The van der Waals surface area contributed by atoms with Crippen molar-refractivity contribution >= 4 is 23.3 Å². The number of benzene rings is 2. The third kappa shape index (κ3) is 5.32. The fraction of sp³-hybridized carbons (Fsp3) is 0.417. The van der Waals surface area contributed by atoms with E-state index in [1.165, 1.54) is 0 Å². The van der Waals surface area contributed by atoms with E-state index in [1.807, 2.05) is 67.2 Å². The second-order valence-electron chi connectivity index (χ2n) is 8.05. The molecule has 0 saturated heterocycles.